The molecule has 0 fully saturated rings. The minimum absolute atomic E-state index is 0.287. The molecule has 0 aliphatic rings. The van der Waals surface area contributed by atoms with E-state index in [0.29, 0.717) is 5.76 Å². The number of nitrogens with zero attached hydrogens (tertiary/aromatic N) is 2. The Labute approximate surface area is 99.0 Å². The van der Waals surface area contributed by atoms with Crippen LogP contribution in [-0.4, -0.2) is 11.2 Å². The van der Waals surface area contributed by atoms with Crippen LogP contribution < -0.4 is 0 Å². The third-order valence-corrected chi connectivity index (χ3v) is 2.68. The summed E-state index contributed by atoms with van der Waals surface area (Å²) in [6.07, 6.45) is 1.47. The highest BCUT2D eigenvalue weighted by Gasteiger charge is 2.14. The zero-order valence-corrected chi connectivity index (χ0v) is 9.94. The smallest absolute Gasteiger partial charge is 0.242 e. The van der Waals surface area contributed by atoms with Gasteiger partial charge in [-0.15, -0.1) is 4.99 Å². The number of benzene rings is 1. The average molecular weight is 228 g/mol. The van der Waals surface area contributed by atoms with Crippen molar-refractivity contribution in [2.75, 3.05) is 0 Å². The molecule has 1 aromatic heterocycles. The van der Waals surface area contributed by atoms with E-state index < -0.39 is 0 Å². The molecule has 4 heteroatoms. The van der Waals surface area contributed by atoms with Crippen LogP contribution in [0, 0.1) is 20.8 Å². The maximum atomic E-state index is 10.2. The van der Waals surface area contributed by atoms with E-state index >= 15 is 0 Å². The van der Waals surface area contributed by atoms with E-state index in [1.807, 2.05) is 32.9 Å². The number of carbonyl (C=O) groups excluding carboxylic acids is 1. The number of rotatable bonds is 2. The Kier molecular flexibility index (Phi) is 2.90. The van der Waals surface area contributed by atoms with Crippen molar-refractivity contribution < 1.29 is 9.32 Å². The third kappa shape index (κ3) is 2.03. The van der Waals surface area contributed by atoms with Crippen LogP contribution in [0.4, 0.5) is 5.82 Å². The summed E-state index contributed by atoms with van der Waals surface area (Å²) in [4.78, 5) is 13.7. The fourth-order valence-electron chi connectivity index (χ4n) is 1.79. The van der Waals surface area contributed by atoms with E-state index in [-0.39, 0.29) is 5.82 Å². The van der Waals surface area contributed by atoms with Gasteiger partial charge in [-0.25, -0.2) is 4.79 Å². The van der Waals surface area contributed by atoms with Crippen molar-refractivity contribution >= 4 is 11.9 Å². The number of isocyanates is 1. The van der Waals surface area contributed by atoms with Crippen molar-refractivity contribution in [1.29, 1.82) is 0 Å². The number of aromatic nitrogens is 1. The van der Waals surface area contributed by atoms with Gasteiger partial charge in [0.25, 0.3) is 0 Å². The molecule has 2 rings (SSSR count). The molecule has 4 nitrogen and oxygen atoms in total. The molecule has 0 unspecified atom stereocenters. The van der Waals surface area contributed by atoms with Gasteiger partial charge in [-0.3, -0.25) is 0 Å². The van der Waals surface area contributed by atoms with E-state index in [4.69, 9.17) is 4.52 Å². The summed E-state index contributed by atoms with van der Waals surface area (Å²) < 4.78 is 5.23. The zero-order chi connectivity index (χ0) is 12.4. The average Bonchev–Trinajstić information content (AvgIpc) is 2.62. The van der Waals surface area contributed by atoms with Crippen molar-refractivity contribution in [2.45, 2.75) is 20.8 Å². The van der Waals surface area contributed by atoms with E-state index in [1.54, 1.807) is 0 Å². The van der Waals surface area contributed by atoms with E-state index in [9.17, 15) is 4.79 Å². The van der Waals surface area contributed by atoms with Gasteiger partial charge in [0.05, 0.1) is 0 Å². The van der Waals surface area contributed by atoms with Crippen LogP contribution in [0.25, 0.3) is 11.3 Å². The summed E-state index contributed by atoms with van der Waals surface area (Å²) in [6, 6.07) is 6.06. The first-order valence-electron chi connectivity index (χ1n) is 5.25. The second kappa shape index (κ2) is 4.36. The molecule has 1 aromatic carbocycles. The molecule has 0 spiro atoms. The second-order valence-corrected chi connectivity index (χ2v) is 3.98. The molecule has 0 atom stereocenters. The van der Waals surface area contributed by atoms with Gasteiger partial charge in [0.1, 0.15) is 0 Å². The van der Waals surface area contributed by atoms with Crippen molar-refractivity contribution in [2.24, 2.45) is 4.99 Å². The highest BCUT2D eigenvalue weighted by atomic mass is 16.5. The van der Waals surface area contributed by atoms with Crippen molar-refractivity contribution in [3.05, 3.63) is 34.9 Å². The lowest BCUT2D eigenvalue weighted by molar-refractivity contribution is 0.433. The minimum atomic E-state index is 0.287. The van der Waals surface area contributed by atoms with Gasteiger partial charge < -0.3 is 4.52 Å². The van der Waals surface area contributed by atoms with Crippen LogP contribution >= 0.6 is 0 Å². The molecular formula is C13H12N2O2. The molecule has 2 aromatic rings. The molecule has 0 aliphatic heterocycles. The standard InChI is InChI=1S/C13H12N2O2/c1-8-4-5-11(9(2)6-8)12-10(3)13(14-7-16)15-17-12/h4-6H,1-3H3. The van der Waals surface area contributed by atoms with Gasteiger partial charge in [0.2, 0.25) is 11.9 Å². The number of aryl methyl sites for hydroxylation is 2. The highest BCUT2D eigenvalue weighted by Crippen LogP contribution is 2.31. The van der Waals surface area contributed by atoms with Crippen molar-refractivity contribution in [3.63, 3.8) is 0 Å². The Morgan fingerprint density at radius 3 is 2.71 bits per heavy atom. The first kappa shape index (κ1) is 11.3. The summed E-state index contributed by atoms with van der Waals surface area (Å²) in [5.74, 6) is 0.937. The molecule has 0 saturated heterocycles. The lowest BCUT2D eigenvalue weighted by Gasteiger charge is -2.03. The first-order valence-corrected chi connectivity index (χ1v) is 5.25. The maximum Gasteiger partial charge on any atom is 0.242 e. The Balaban J connectivity index is 2.57. The van der Waals surface area contributed by atoms with Gasteiger partial charge in [-0.1, -0.05) is 28.9 Å². The van der Waals surface area contributed by atoms with Crippen LogP contribution in [0.3, 0.4) is 0 Å². The quantitative estimate of drug-likeness (QED) is 0.585. The Bertz CT molecular complexity index is 608. The first-order chi connectivity index (χ1) is 8.13. The number of aliphatic imine (C=N–C) groups is 1. The number of hydrogen-bond donors (Lipinski definition) is 0. The monoisotopic (exact) mass is 228 g/mol. The molecule has 86 valence electrons. The largest absolute Gasteiger partial charge is 0.354 e. The molecule has 0 bridgehead atoms. The molecule has 0 aliphatic carbocycles. The van der Waals surface area contributed by atoms with Gasteiger partial charge in [-0.2, -0.15) is 0 Å². The minimum Gasteiger partial charge on any atom is -0.354 e. The van der Waals surface area contributed by atoms with Crippen LogP contribution in [0.15, 0.2) is 27.7 Å². The van der Waals surface area contributed by atoms with Gasteiger partial charge in [-0.05, 0) is 26.3 Å². The molecule has 0 radical (unpaired) electrons. The highest BCUT2D eigenvalue weighted by molar-refractivity contribution is 5.69. The zero-order valence-electron chi connectivity index (χ0n) is 9.94. The Morgan fingerprint density at radius 1 is 1.29 bits per heavy atom. The maximum absolute atomic E-state index is 10.2. The van der Waals surface area contributed by atoms with Crippen LogP contribution in [0.5, 0.6) is 0 Å². The van der Waals surface area contributed by atoms with Crippen LogP contribution in [0.2, 0.25) is 0 Å². The normalized spacial score (nSPS) is 10.1. The summed E-state index contributed by atoms with van der Waals surface area (Å²) in [5.41, 5.74) is 4.01. The Hall–Kier alpha value is -2.19. The Morgan fingerprint density at radius 2 is 2.06 bits per heavy atom. The van der Waals surface area contributed by atoms with E-state index in [2.05, 4.69) is 16.2 Å². The number of hydrogen-bond acceptors (Lipinski definition) is 4. The molecule has 1 heterocycles. The summed E-state index contributed by atoms with van der Waals surface area (Å²) in [5, 5.41) is 3.74. The van der Waals surface area contributed by atoms with Crippen LogP contribution in [-0.2, 0) is 4.79 Å². The van der Waals surface area contributed by atoms with Crippen molar-refractivity contribution in [1.82, 2.24) is 5.16 Å². The molecule has 0 saturated carbocycles. The third-order valence-electron chi connectivity index (χ3n) is 2.68. The predicted octanol–water partition coefficient (Wildman–Crippen LogP) is 3.23. The van der Waals surface area contributed by atoms with Crippen molar-refractivity contribution in [3.8, 4) is 11.3 Å². The summed E-state index contributed by atoms with van der Waals surface area (Å²) in [7, 11) is 0. The van der Waals surface area contributed by atoms with Gasteiger partial charge >= 0.3 is 0 Å². The summed E-state index contributed by atoms with van der Waals surface area (Å²) in [6.45, 7) is 5.86. The lowest BCUT2D eigenvalue weighted by Crippen LogP contribution is -1.84. The fourth-order valence-corrected chi connectivity index (χ4v) is 1.79. The SMILES string of the molecule is Cc1ccc(-c2onc(N=C=O)c2C)c(C)c1. The predicted molar refractivity (Wildman–Crippen MR) is 63.9 cm³/mol. The second-order valence-electron chi connectivity index (χ2n) is 3.98. The van der Waals surface area contributed by atoms with Crippen LogP contribution in [0.1, 0.15) is 16.7 Å². The van der Waals surface area contributed by atoms with Gasteiger partial charge in [0, 0.05) is 11.1 Å². The van der Waals surface area contributed by atoms with E-state index in [0.717, 1.165) is 16.7 Å². The fraction of sp³-hybridized carbons (Fsp3) is 0.231. The lowest BCUT2D eigenvalue weighted by atomic mass is 10.0. The molecule has 0 amide bonds. The van der Waals surface area contributed by atoms with Gasteiger partial charge in [0.15, 0.2) is 5.76 Å². The molecular weight excluding hydrogens is 216 g/mol. The molecule has 0 N–H and O–H groups in total. The topological polar surface area (TPSA) is 55.5 Å². The van der Waals surface area contributed by atoms with E-state index in [1.165, 1.54) is 11.6 Å². The summed E-state index contributed by atoms with van der Waals surface area (Å²) >= 11 is 0. The molecule has 17 heavy (non-hydrogen) atoms.